The second kappa shape index (κ2) is 12.3. The molecule has 0 aromatic heterocycles. The van der Waals surface area contributed by atoms with Crippen LogP contribution in [0, 0.1) is 5.82 Å². The first kappa shape index (κ1) is 29.8. The molecule has 3 atom stereocenters. The lowest BCUT2D eigenvalue weighted by atomic mass is 9.84. The number of nitrogens with zero attached hydrogens (tertiary/aromatic N) is 1. The molecule has 0 saturated carbocycles. The maximum Gasteiger partial charge on any atom is 0.491 e. The highest BCUT2D eigenvalue weighted by Crippen LogP contribution is 2.43. The molecule has 0 spiro atoms. The molecule has 42 heavy (non-hydrogen) atoms. The van der Waals surface area contributed by atoms with E-state index in [1.165, 1.54) is 30.3 Å². The number of hydrogen-bond donors (Lipinski definition) is 2. The Hall–Kier alpha value is -3.63. The van der Waals surface area contributed by atoms with Gasteiger partial charge < -0.3 is 19.9 Å². The first-order valence-corrected chi connectivity index (χ1v) is 14.1. The van der Waals surface area contributed by atoms with Gasteiger partial charge in [0.05, 0.1) is 0 Å². The Bertz CT molecular complexity index is 1370. The molecule has 3 aromatic carbocycles. The molecule has 5 rings (SSSR count). The number of carbonyl (C=O) groups is 1. The van der Waals surface area contributed by atoms with Crippen LogP contribution in [-0.4, -0.2) is 47.4 Å². The molecule has 6 nitrogen and oxygen atoms in total. The number of benzene rings is 3. The number of phenolic OH excluding ortho intramolecular Hbond substituents is 1. The minimum absolute atomic E-state index is 0.0418. The van der Waals surface area contributed by atoms with Crippen LogP contribution in [0.25, 0.3) is 0 Å². The molecule has 1 saturated heterocycles. The maximum absolute atomic E-state index is 13.7. The maximum atomic E-state index is 13.7. The molecule has 0 radical (unpaired) electrons. The van der Waals surface area contributed by atoms with E-state index in [0.717, 1.165) is 25.8 Å². The Balaban J connectivity index is 1.50. The van der Waals surface area contributed by atoms with Crippen molar-refractivity contribution in [2.45, 2.75) is 69.6 Å². The topological polar surface area (TPSA) is 71.0 Å². The molecular formula is C32H34F4N2O4. The zero-order valence-electron chi connectivity index (χ0n) is 23.3. The van der Waals surface area contributed by atoms with Crippen molar-refractivity contribution >= 4 is 5.97 Å². The normalized spacial score (nSPS) is 21.8. The number of aromatic hydroxyl groups is 1. The first-order valence-electron chi connectivity index (χ1n) is 14.1. The molecule has 1 fully saturated rings. The van der Waals surface area contributed by atoms with E-state index in [0.29, 0.717) is 34.4 Å². The highest BCUT2D eigenvalue weighted by molar-refractivity contribution is 5.76. The van der Waals surface area contributed by atoms with Crippen LogP contribution < -0.4 is 10.1 Å². The van der Waals surface area contributed by atoms with Crippen LogP contribution in [0.5, 0.6) is 11.5 Å². The number of piperidine rings is 1. The molecule has 2 aliphatic heterocycles. The lowest BCUT2D eigenvalue weighted by molar-refractivity contribution is -0.238. The third kappa shape index (κ3) is 6.71. The van der Waals surface area contributed by atoms with Crippen LogP contribution in [0.1, 0.15) is 48.4 Å². The van der Waals surface area contributed by atoms with Crippen LogP contribution in [-0.2, 0) is 34.6 Å². The van der Waals surface area contributed by atoms with Crippen molar-refractivity contribution in [3.05, 3.63) is 94.8 Å². The van der Waals surface area contributed by atoms with Crippen LogP contribution >= 0.6 is 0 Å². The molecule has 0 aliphatic carbocycles. The average Bonchev–Trinajstić information content (AvgIpc) is 2.96. The van der Waals surface area contributed by atoms with Gasteiger partial charge in [0.2, 0.25) is 0 Å². The van der Waals surface area contributed by atoms with Gasteiger partial charge in [0, 0.05) is 31.1 Å². The summed E-state index contributed by atoms with van der Waals surface area (Å²) < 4.78 is 66.3. The number of esters is 1. The Kier molecular flexibility index (Phi) is 8.75. The minimum Gasteiger partial charge on any atom is -0.508 e. The van der Waals surface area contributed by atoms with E-state index in [-0.39, 0.29) is 37.4 Å². The largest absolute Gasteiger partial charge is 0.508 e. The number of nitrogens with one attached hydrogen (secondary N) is 1. The van der Waals surface area contributed by atoms with Crippen molar-refractivity contribution in [3.63, 3.8) is 0 Å². The smallest absolute Gasteiger partial charge is 0.491 e. The van der Waals surface area contributed by atoms with E-state index in [2.05, 4.69) is 5.32 Å². The van der Waals surface area contributed by atoms with Gasteiger partial charge in [-0.25, -0.2) is 9.18 Å². The molecule has 2 N–H and O–H groups in total. The highest BCUT2D eigenvalue weighted by Gasteiger charge is 2.52. The Morgan fingerprint density at radius 1 is 1.07 bits per heavy atom. The number of rotatable bonds is 8. The van der Waals surface area contributed by atoms with Crippen molar-refractivity contribution in [2.24, 2.45) is 0 Å². The van der Waals surface area contributed by atoms with E-state index in [1.54, 1.807) is 41.3 Å². The molecule has 0 bridgehead atoms. The first-order chi connectivity index (χ1) is 20.0. The van der Waals surface area contributed by atoms with E-state index in [4.69, 9.17) is 9.47 Å². The van der Waals surface area contributed by atoms with Gasteiger partial charge in [-0.05, 0) is 91.9 Å². The Labute approximate surface area is 242 Å². The standard InChI is InChI=1S/C32H34F4N2O4/c1-21(29-4-2-3-16-37-29)41-27-12-7-22(8-13-27)19-31(42-30(40)32(34,35)36)28-14-11-26(39)18-24(28)15-17-38(31)20-23-5-9-25(33)10-6-23/h5-14,18,21,29,37,39H,2-4,15-17,19-20H2,1H3. The number of hydrogen-bond acceptors (Lipinski definition) is 6. The number of fused-ring (bicyclic) bond motifs is 1. The highest BCUT2D eigenvalue weighted by atomic mass is 19.4. The Morgan fingerprint density at radius 2 is 1.79 bits per heavy atom. The molecule has 0 amide bonds. The zero-order valence-corrected chi connectivity index (χ0v) is 23.3. The summed E-state index contributed by atoms with van der Waals surface area (Å²) in [7, 11) is 0. The lowest BCUT2D eigenvalue weighted by Gasteiger charge is -2.47. The van der Waals surface area contributed by atoms with Gasteiger partial charge >= 0.3 is 12.1 Å². The molecular weight excluding hydrogens is 552 g/mol. The molecule has 3 aromatic rings. The third-order valence-corrected chi connectivity index (χ3v) is 8.06. The van der Waals surface area contributed by atoms with E-state index < -0.39 is 23.7 Å². The van der Waals surface area contributed by atoms with Crippen molar-refractivity contribution in [1.82, 2.24) is 10.2 Å². The van der Waals surface area contributed by atoms with Crippen LogP contribution in [0.15, 0.2) is 66.7 Å². The summed E-state index contributed by atoms with van der Waals surface area (Å²) in [6, 6.07) is 17.3. The predicted molar refractivity (Wildman–Crippen MR) is 148 cm³/mol. The van der Waals surface area contributed by atoms with Crippen LogP contribution in [0.3, 0.4) is 0 Å². The second-order valence-corrected chi connectivity index (χ2v) is 11.0. The molecule has 10 heteroatoms. The summed E-state index contributed by atoms with van der Waals surface area (Å²) in [6.07, 6.45) is -1.71. The SMILES string of the molecule is CC(Oc1ccc(CC2(OC(=O)C(F)(F)F)c3ccc(O)cc3CCN2Cc2ccc(F)cc2)cc1)C1CCCCN1. The molecule has 224 valence electrons. The van der Waals surface area contributed by atoms with Gasteiger partial charge in [0.25, 0.3) is 0 Å². The van der Waals surface area contributed by atoms with Crippen molar-refractivity contribution in [3.8, 4) is 11.5 Å². The second-order valence-electron chi connectivity index (χ2n) is 11.0. The van der Waals surface area contributed by atoms with E-state index >= 15 is 0 Å². The summed E-state index contributed by atoms with van der Waals surface area (Å²) in [6.45, 7) is 3.28. The monoisotopic (exact) mass is 586 g/mol. The fourth-order valence-electron chi connectivity index (χ4n) is 5.90. The van der Waals surface area contributed by atoms with Crippen molar-refractivity contribution in [2.75, 3.05) is 13.1 Å². The predicted octanol–water partition coefficient (Wildman–Crippen LogP) is 6.00. The number of carbonyl (C=O) groups excluding carboxylic acids is 1. The fourth-order valence-corrected chi connectivity index (χ4v) is 5.90. The van der Waals surface area contributed by atoms with Gasteiger partial charge in [0.1, 0.15) is 23.4 Å². The van der Waals surface area contributed by atoms with E-state index in [9.17, 15) is 27.5 Å². The van der Waals surface area contributed by atoms with Gasteiger partial charge in [0.15, 0.2) is 5.72 Å². The molecule has 3 unspecified atom stereocenters. The third-order valence-electron chi connectivity index (χ3n) is 8.06. The summed E-state index contributed by atoms with van der Waals surface area (Å²) in [5, 5.41) is 13.6. The minimum atomic E-state index is -5.23. The number of phenols is 1. The number of alkyl halides is 3. The summed E-state index contributed by atoms with van der Waals surface area (Å²) in [4.78, 5) is 14.1. The van der Waals surface area contributed by atoms with Crippen molar-refractivity contribution in [1.29, 1.82) is 0 Å². The summed E-state index contributed by atoms with van der Waals surface area (Å²) in [5.41, 5.74) is 0.327. The molecule has 2 heterocycles. The quantitative estimate of drug-likeness (QED) is 0.249. The zero-order chi connectivity index (χ0) is 29.9. The van der Waals surface area contributed by atoms with Crippen LogP contribution in [0.2, 0.25) is 0 Å². The van der Waals surface area contributed by atoms with Gasteiger partial charge in [-0.1, -0.05) is 30.7 Å². The van der Waals surface area contributed by atoms with Gasteiger partial charge in [-0.2, -0.15) is 13.2 Å². The van der Waals surface area contributed by atoms with E-state index in [1.807, 2.05) is 6.92 Å². The fraction of sp³-hybridized carbons (Fsp3) is 0.406. The van der Waals surface area contributed by atoms with Gasteiger partial charge in [-0.15, -0.1) is 0 Å². The number of ether oxygens (including phenoxy) is 2. The molecule has 2 aliphatic rings. The Morgan fingerprint density at radius 3 is 2.45 bits per heavy atom. The number of halogens is 4. The van der Waals surface area contributed by atoms with Crippen LogP contribution in [0.4, 0.5) is 17.6 Å². The van der Waals surface area contributed by atoms with Crippen molar-refractivity contribution < 1.29 is 36.9 Å². The summed E-state index contributed by atoms with van der Waals surface area (Å²) >= 11 is 0. The van der Waals surface area contributed by atoms with Gasteiger partial charge in [-0.3, -0.25) is 4.90 Å². The summed E-state index contributed by atoms with van der Waals surface area (Å²) in [5.74, 6) is -2.18. The average molecular weight is 587 g/mol. The lowest BCUT2D eigenvalue weighted by Crippen LogP contribution is -2.55.